The van der Waals surface area contributed by atoms with Crippen molar-refractivity contribution in [3.63, 3.8) is 0 Å². The standard InChI is InChI=1S/C11H20N4O/c1-8(2)15-11(13-7-14-15)6-16-10-4-3-9(12)5-10/h7-10H,3-6,12H2,1-2H3. The summed E-state index contributed by atoms with van der Waals surface area (Å²) < 4.78 is 7.70. The highest BCUT2D eigenvalue weighted by molar-refractivity contribution is 4.85. The van der Waals surface area contributed by atoms with E-state index < -0.39 is 0 Å². The fraction of sp³-hybridized carbons (Fsp3) is 0.818. The Balaban J connectivity index is 1.87. The molecule has 0 radical (unpaired) electrons. The zero-order chi connectivity index (χ0) is 11.5. The van der Waals surface area contributed by atoms with Crippen molar-refractivity contribution in [1.82, 2.24) is 14.8 Å². The van der Waals surface area contributed by atoms with Gasteiger partial charge in [-0.15, -0.1) is 0 Å². The van der Waals surface area contributed by atoms with Crippen molar-refractivity contribution < 1.29 is 4.74 Å². The molecule has 90 valence electrons. The predicted molar refractivity (Wildman–Crippen MR) is 60.8 cm³/mol. The Kier molecular flexibility index (Phi) is 3.56. The van der Waals surface area contributed by atoms with Gasteiger partial charge in [-0.25, -0.2) is 9.67 Å². The van der Waals surface area contributed by atoms with E-state index in [0.717, 1.165) is 25.1 Å². The van der Waals surface area contributed by atoms with Crippen LogP contribution in [0.1, 0.15) is 45.0 Å². The van der Waals surface area contributed by atoms with Gasteiger partial charge in [0.05, 0.1) is 6.10 Å². The van der Waals surface area contributed by atoms with Crippen LogP contribution in [0.15, 0.2) is 6.33 Å². The fourth-order valence-electron chi connectivity index (χ4n) is 2.13. The van der Waals surface area contributed by atoms with Crippen molar-refractivity contribution >= 4 is 0 Å². The lowest BCUT2D eigenvalue weighted by Gasteiger charge is -2.13. The van der Waals surface area contributed by atoms with E-state index in [1.165, 1.54) is 0 Å². The Morgan fingerprint density at radius 1 is 1.56 bits per heavy atom. The summed E-state index contributed by atoms with van der Waals surface area (Å²) in [5.41, 5.74) is 5.84. The average molecular weight is 224 g/mol. The minimum absolute atomic E-state index is 0.298. The Hall–Kier alpha value is -0.940. The van der Waals surface area contributed by atoms with Gasteiger partial charge in [0.2, 0.25) is 0 Å². The summed E-state index contributed by atoms with van der Waals surface area (Å²) in [6.45, 7) is 4.71. The molecule has 1 aromatic rings. The number of ether oxygens (including phenoxy) is 1. The van der Waals surface area contributed by atoms with Crippen LogP contribution in [-0.4, -0.2) is 26.9 Å². The molecule has 1 saturated carbocycles. The van der Waals surface area contributed by atoms with Crippen LogP contribution in [0.4, 0.5) is 0 Å². The number of nitrogens with zero attached hydrogens (tertiary/aromatic N) is 3. The topological polar surface area (TPSA) is 66.0 Å². The molecule has 0 saturated heterocycles. The Labute approximate surface area is 96.0 Å². The first kappa shape index (κ1) is 11.5. The quantitative estimate of drug-likeness (QED) is 0.836. The molecule has 5 nitrogen and oxygen atoms in total. The lowest BCUT2D eigenvalue weighted by molar-refractivity contribution is 0.0382. The van der Waals surface area contributed by atoms with Gasteiger partial charge >= 0.3 is 0 Å². The van der Waals surface area contributed by atoms with E-state index in [0.29, 0.717) is 24.8 Å². The smallest absolute Gasteiger partial charge is 0.153 e. The molecule has 1 aliphatic rings. The molecule has 0 amide bonds. The summed E-state index contributed by atoms with van der Waals surface area (Å²) in [7, 11) is 0. The van der Waals surface area contributed by atoms with Gasteiger partial charge in [-0.3, -0.25) is 0 Å². The highest BCUT2D eigenvalue weighted by Gasteiger charge is 2.22. The normalized spacial score (nSPS) is 25.5. The first-order chi connectivity index (χ1) is 7.66. The summed E-state index contributed by atoms with van der Waals surface area (Å²) in [6, 6.07) is 0.639. The first-order valence-corrected chi connectivity index (χ1v) is 5.92. The minimum Gasteiger partial charge on any atom is -0.370 e. The van der Waals surface area contributed by atoms with Crippen LogP contribution in [0.2, 0.25) is 0 Å². The van der Waals surface area contributed by atoms with E-state index in [4.69, 9.17) is 10.5 Å². The zero-order valence-electron chi connectivity index (χ0n) is 9.97. The van der Waals surface area contributed by atoms with E-state index in [1.54, 1.807) is 6.33 Å². The number of nitrogens with two attached hydrogens (primary N) is 1. The second kappa shape index (κ2) is 4.93. The molecule has 16 heavy (non-hydrogen) atoms. The van der Waals surface area contributed by atoms with E-state index in [2.05, 4.69) is 23.9 Å². The minimum atomic E-state index is 0.298. The molecule has 0 spiro atoms. The van der Waals surface area contributed by atoms with Crippen molar-refractivity contribution in [2.75, 3.05) is 0 Å². The predicted octanol–water partition coefficient (Wildman–Crippen LogP) is 1.26. The maximum absolute atomic E-state index is 5.84. The van der Waals surface area contributed by atoms with Crippen LogP contribution < -0.4 is 5.73 Å². The molecule has 0 bridgehead atoms. The summed E-state index contributed by atoms with van der Waals surface area (Å²) in [4.78, 5) is 4.21. The van der Waals surface area contributed by atoms with Gasteiger partial charge in [0.15, 0.2) is 5.82 Å². The monoisotopic (exact) mass is 224 g/mol. The van der Waals surface area contributed by atoms with Gasteiger partial charge < -0.3 is 10.5 Å². The lowest BCUT2D eigenvalue weighted by atomic mass is 10.3. The molecule has 5 heteroatoms. The van der Waals surface area contributed by atoms with Gasteiger partial charge in [-0.05, 0) is 33.1 Å². The first-order valence-electron chi connectivity index (χ1n) is 5.92. The van der Waals surface area contributed by atoms with E-state index in [-0.39, 0.29) is 0 Å². The van der Waals surface area contributed by atoms with Gasteiger partial charge in [0.25, 0.3) is 0 Å². The maximum Gasteiger partial charge on any atom is 0.153 e. The SMILES string of the molecule is CC(C)n1ncnc1COC1CCC(N)C1. The molecule has 2 N–H and O–H groups in total. The van der Waals surface area contributed by atoms with Crippen molar-refractivity contribution in [2.24, 2.45) is 5.73 Å². The zero-order valence-corrected chi connectivity index (χ0v) is 9.97. The van der Waals surface area contributed by atoms with Crippen LogP contribution in [0.3, 0.4) is 0 Å². The molecule has 1 aromatic heterocycles. The van der Waals surface area contributed by atoms with E-state index in [1.807, 2.05) is 4.68 Å². The molecule has 1 aliphatic carbocycles. The van der Waals surface area contributed by atoms with Crippen molar-refractivity contribution in [1.29, 1.82) is 0 Å². The molecule has 2 atom stereocenters. The summed E-state index contributed by atoms with van der Waals surface area (Å²) in [5, 5.41) is 4.18. The fourth-order valence-corrected chi connectivity index (χ4v) is 2.13. The molecule has 0 aromatic carbocycles. The van der Waals surface area contributed by atoms with Crippen molar-refractivity contribution in [3.05, 3.63) is 12.2 Å². The van der Waals surface area contributed by atoms with Crippen LogP contribution in [0.5, 0.6) is 0 Å². The second-order valence-corrected chi connectivity index (χ2v) is 4.72. The Morgan fingerprint density at radius 2 is 2.38 bits per heavy atom. The second-order valence-electron chi connectivity index (χ2n) is 4.72. The van der Waals surface area contributed by atoms with Crippen LogP contribution in [0, 0.1) is 0 Å². The van der Waals surface area contributed by atoms with Crippen LogP contribution in [0.25, 0.3) is 0 Å². The molecule has 1 fully saturated rings. The molecular weight excluding hydrogens is 204 g/mol. The number of rotatable bonds is 4. The van der Waals surface area contributed by atoms with Crippen molar-refractivity contribution in [2.45, 2.75) is 57.9 Å². The van der Waals surface area contributed by atoms with Crippen LogP contribution in [-0.2, 0) is 11.3 Å². The Bertz CT molecular complexity index is 336. The average Bonchev–Trinajstić information content (AvgIpc) is 2.83. The third kappa shape index (κ3) is 2.59. The number of hydrogen-bond donors (Lipinski definition) is 1. The molecule has 2 rings (SSSR count). The van der Waals surface area contributed by atoms with Gasteiger partial charge in [-0.1, -0.05) is 0 Å². The van der Waals surface area contributed by atoms with Gasteiger partial charge in [-0.2, -0.15) is 5.10 Å². The van der Waals surface area contributed by atoms with E-state index >= 15 is 0 Å². The summed E-state index contributed by atoms with van der Waals surface area (Å²) in [6.07, 6.45) is 4.99. The van der Waals surface area contributed by atoms with Crippen molar-refractivity contribution in [3.8, 4) is 0 Å². The van der Waals surface area contributed by atoms with E-state index in [9.17, 15) is 0 Å². The highest BCUT2D eigenvalue weighted by atomic mass is 16.5. The highest BCUT2D eigenvalue weighted by Crippen LogP contribution is 2.21. The number of aromatic nitrogens is 3. The Morgan fingerprint density at radius 3 is 3.00 bits per heavy atom. The summed E-state index contributed by atoms with van der Waals surface area (Å²) in [5.74, 6) is 0.899. The van der Waals surface area contributed by atoms with Gasteiger partial charge in [0, 0.05) is 12.1 Å². The molecule has 2 unspecified atom stereocenters. The third-order valence-electron chi connectivity index (χ3n) is 3.01. The maximum atomic E-state index is 5.84. The third-order valence-corrected chi connectivity index (χ3v) is 3.01. The molecule has 0 aliphatic heterocycles. The largest absolute Gasteiger partial charge is 0.370 e. The molecule has 1 heterocycles. The van der Waals surface area contributed by atoms with Crippen LogP contribution >= 0.6 is 0 Å². The molecular formula is C11H20N4O. The van der Waals surface area contributed by atoms with Gasteiger partial charge in [0.1, 0.15) is 12.9 Å². The summed E-state index contributed by atoms with van der Waals surface area (Å²) >= 11 is 0. The number of hydrogen-bond acceptors (Lipinski definition) is 4. The lowest BCUT2D eigenvalue weighted by Crippen LogP contribution is -2.18.